The summed E-state index contributed by atoms with van der Waals surface area (Å²) in [6, 6.07) is 57.3. The normalized spacial score (nSPS) is 13.1. The van der Waals surface area contributed by atoms with Crippen LogP contribution >= 0.6 is 0 Å². The van der Waals surface area contributed by atoms with Crippen molar-refractivity contribution in [2.24, 2.45) is 0 Å². The van der Waals surface area contributed by atoms with Gasteiger partial charge in [0.25, 0.3) is 0 Å². The molecule has 0 saturated carbocycles. The number of fused-ring (bicyclic) bond motifs is 3. The summed E-state index contributed by atoms with van der Waals surface area (Å²) in [5, 5.41) is 2.21. The lowest BCUT2D eigenvalue weighted by atomic mass is 9.99. The van der Waals surface area contributed by atoms with E-state index in [2.05, 4.69) is 64.1 Å². The molecule has 9 aromatic carbocycles. The molecule has 0 saturated heterocycles. The van der Waals surface area contributed by atoms with Crippen LogP contribution in [0.15, 0.2) is 236 Å². The standard InChI is InChI=1S/C54H39N3/c1-5-15-44(16-6-1)55(45-17-7-2-8-18-45)48-33-29-42(30-34-48)40-25-27-41(28-26-40)43-31-35-49(36-32-43)56(46-19-9-3-10-20-46)50-37-38-54-52(39-50)51-23-13-14-24-53(51)57(54)47-21-11-4-12-22-47/h1-39H/i25D,26D,27D,28D,29D,30D,33D,34D. The van der Waals surface area contributed by atoms with Gasteiger partial charge < -0.3 is 14.4 Å². The highest BCUT2D eigenvalue weighted by atomic mass is 15.1. The van der Waals surface area contributed by atoms with Gasteiger partial charge in [0.2, 0.25) is 0 Å². The molecule has 57 heavy (non-hydrogen) atoms. The SMILES string of the molecule is [2H]c1c([2H])c(-c2c([2H])c([2H])c(N(c3ccccc3)c3ccccc3)c([2H])c2[2H])c([2H])c([2H])c1-c1ccc(N(c2ccccc2)c2ccc3c(c2)c2ccccc2n3-c2ccccc2)cc1. The predicted octanol–water partition coefficient (Wildman–Crippen LogP) is 15.1. The van der Waals surface area contributed by atoms with Gasteiger partial charge in [-0.15, -0.1) is 0 Å². The van der Waals surface area contributed by atoms with Crippen LogP contribution < -0.4 is 9.80 Å². The molecule has 0 atom stereocenters. The van der Waals surface area contributed by atoms with Gasteiger partial charge >= 0.3 is 0 Å². The summed E-state index contributed by atoms with van der Waals surface area (Å²) in [5.74, 6) is 0. The maximum absolute atomic E-state index is 9.23. The van der Waals surface area contributed by atoms with Crippen LogP contribution in [0.4, 0.5) is 34.1 Å². The van der Waals surface area contributed by atoms with E-state index in [1.54, 1.807) is 17.0 Å². The highest BCUT2D eigenvalue weighted by molar-refractivity contribution is 6.10. The van der Waals surface area contributed by atoms with Crippen molar-refractivity contribution in [3.8, 4) is 27.9 Å². The number of anilines is 6. The number of hydrogen-bond acceptors (Lipinski definition) is 2. The van der Waals surface area contributed by atoms with Crippen LogP contribution in [0, 0.1) is 0 Å². The molecule has 0 amide bonds. The topological polar surface area (TPSA) is 11.4 Å². The molecular formula is C54H39N3. The lowest BCUT2D eigenvalue weighted by Crippen LogP contribution is -2.09. The highest BCUT2D eigenvalue weighted by Crippen LogP contribution is 2.41. The molecule has 0 aliphatic rings. The number of aromatic nitrogens is 1. The second-order valence-electron chi connectivity index (χ2n) is 13.6. The second-order valence-corrected chi connectivity index (χ2v) is 13.6. The Morgan fingerprint density at radius 1 is 0.298 bits per heavy atom. The number of benzene rings is 9. The van der Waals surface area contributed by atoms with Crippen molar-refractivity contribution in [3.63, 3.8) is 0 Å². The number of hydrogen-bond donors (Lipinski definition) is 0. The fourth-order valence-corrected chi connectivity index (χ4v) is 7.44. The zero-order valence-electron chi connectivity index (χ0n) is 38.7. The summed E-state index contributed by atoms with van der Waals surface area (Å²) in [6.07, 6.45) is 0. The van der Waals surface area contributed by atoms with Crippen LogP contribution in [0.1, 0.15) is 11.0 Å². The number of rotatable bonds is 9. The first-order chi connectivity index (χ1) is 31.6. The molecule has 0 N–H and O–H groups in total. The molecular weight excluding hydrogens is 691 g/mol. The van der Waals surface area contributed by atoms with E-state index in [4.69, 9.17) is 0 Å². The van der Waals surface area contributed by atoms with E-state index in [-0.39, 0.29) is 46.5 Å². The van der Waals surface area contributed by atoms with Gasteiger partial charge in [0.15, 0.2) is 0 Å². The average Bonchev–Trinajstić information content (AvgIpc) is 3.68. The first-order valence-electron chi connectivity index (χ1n) is 22.8. The molecule has 0 bridgehead atoms. The van der Waals surface area contributed by atoms with E-state index in [0.717, 1.165) is 44.6 Å². The summed E-state index contributed by atoms with van der Waals surface area (Å²) in [5.41, 5.74) is 7.02. The molecule has 0 radical (unpaired) electrons. The van der Waals surface area contributed by atoms with Crippen LogP contribution in [-0.2, 0) is 0 Å². The molecule has 10 aromatic rings. The quantitative estimate of drug-likeness (QED) is 0.146. The Hall–Kier alpha value is -7.62. The molecule has 0 unspecified atom stereocenters. The molecule has 0 fully saturated rings. The molecule has 0 aliphatic carbocycles. The molecule has 270 valence electrons. The summed E-state index contributed by atoms with van der Waals surface area (Å²) in [7, 11) is 0. The Morgan fingerprint density at radius 3 is 1.26 bits per heavy atom. The Bertz CT molecular complexity index is 3300. The predicted molar refractivity (Wildman–Crippen MR) is 241 cm³/mol. The minimum Gasteiger partial charge on any atom is -0.311 e. The number of nitrogens with zero attached hydrogens (tertiary/aromatic N) is 3. The molecule has 1 aromatic heterocycles. The maximum atomic E-state index is 9.23. The van der Waals surface area contributed by atoms with Crippen molar-refractivity contribution in [1.82, 2.24) is 4.57 Å². The Kier molecular flexibility index (Phi) is 6.86. The van der Waals surface area contributed by atoms with Gasteiger partial charge in [-0.25, -0.2) is 0 Å². The third kappa shape index (κ3) is 6.52. The average molecular weight is 738 g/mol. The second kappa shape index (κ2) is 14.9. The third-order valence-electron chi connectivity index (χ3n) is 10.1. The lowest BCUT2D eigenvalue weighted by Gasteiger charge is -2.26. The van der Waals surface area contributed by atoms with Gasteiger partial charge in [-0.1, -0.05) is 139 Å². The van der Waals surface area contributed by atoms with Crippen molar-refractivity contribution < 1.29 is 11.0 Å². The van der Waals surface area contributed by atoms with Crippen molar-refractivity contribution in [1.29, 1.82) is 0 Å². The summed E-state index contributed by atoms with van der Waals surface area (Å²) < 4.78 is 76.0. The van der Waals surface area contributed by atoms with Crippen LogP contribution in [0.3, 0.4) is 0 Å². The first-order valence-corrected chi connectivity index (χ1v) is 18.8. The van der Waals surface area contributed by atoms with Gasteiger partial charge in [0, 0.05) is 50.6 Å². The van der Waals surface area contributed by atoms with Crippen molar-refractivity contribution in [2.75, 3.05) is 9.80 Å². The molecule has 3 heteroatoms. The van der Waals surface area contributed by atoms with Crippen LogP contribution in [0.25, 0.3) is 49.7 Å². The Morgan fingerprint density at radius 2 is 0.702 bits per heavy atom. The maximum Gasteiger partial charge on any atom is 0.0645 e. The summed E-state index contributed by atoms with van der Waals surface area (Å²) >= 11 is 0. The van der Waals surface area contributed by atoms with E-state index >= 15 is 0 Å². The van der Waals surface area contributed by atoms with E-state index in [1.807, 2.05) is 121 Å². The van der Waals surface area contributed by atoms with Crippen LogP contribution in [0.5, 0.6) is 0 Å². The molecule has 10 rings (SSSR count). The van der Waals surface area contributed by atoms with E-state index in [9.17, 15) is 11.0 Å². The van der Waals surface area contributed by atoms with Gasteiger partial charge in [0.1, 0.15) is 0 Å². The van der Waals surface area contributed by atoms with Gasteiger partial charge in [-0.2, -0.15) is 0 Å². The third-order valence-corrected chi connectivity index (χ3v) is 10.1. The largest absolute Gasteiger partial charge is 0.311 e. The Balaban J connectivity index is 1.06. The van der Waals surface area contributed by atoms with E-state index in [0.29, 0.717) is 16.9 Å². The van der Waals surface area contributed by atoms with Gasteiger partial charge in [0.05, 0.1) is 22.0 Å². The van der Waals surface area contributed by atoms with Crippen LogP contribution in [0.2, 0.25) is 0 Å². The smallest absolute Gasteiger partial charge is 0.0645 e. The zero-order chi connectivity index (χ0) is 44.9. The van der Waals surface area contributed by atoms with Crippen molar-refractivity contribution in [3.05, 3.63) is 236 Å². The molecule has 0 spiro atoms. The van der Waals surface area contributed by atoms with E-state index in [1.165, 1.54) is 0 Å². The fourth-order valence-electron chi connectivity index (χ4n) is 7.44. The molecule has 3 nitrogen and oxygen atoms in total. The summed E-state index contributed by atoms with van der Waals surface area (Å²) in [4.78, 5) is 3.78. The van der Waals surface area contributed by atoms with Crippen molar-refractivity contribution >= 4 is 55.9 Å². The first kappa shape index (κ1) is 26.2. The minimum absolute atomic E-state index is 0.00322. The lowest BCUT2D eigenvalue weighted by molar-refractivity contribution is 1.18. The minimum atomic E-state index is -0.473. The van der Waals surface area contributed by atoms with Crippen LogP contribution in [-0.4, -0.2) is 4.57 Å². The van der Waals surface area contributed by atoms with Gasteiger partial charge in [-0.05, 0) is 119 Å². The van der Waals surface area contributed by atoms with Crippen molar-refractivity contribution in [2.45, 2.75) is 0 Å². The number of para-hydroxylation sites is 5. The Labute approximate surface area is 344 Å². The molecule has 1 heterocycles. The monoisotopic (exact) mass is 737 g/mol. The fraction of sp³-hybridized carbons (Fsp3) is 0. The summed E-state index contributed by atoms with van der Waals surface area (Å²) in [6.45, 7) is 0. The van der Waals surface area contributed by atoms with Gasteiger partial charge in [-0.3, -0.25) is 0 Å². The zero-order valence-corrected chi connectivity index (χ0v) is 30.7. The van der Waals surface area contributed by atoms with E-state index < -0.39 is 24.2 Å². The molecule has 0 aliphatic heterocycles. The highest BCUT2D eigenvalue weighted by Gasteiger charge is 2.18.